The second kappa shape index (κ2) is 5.55. The normalized spacial score (nSPS) is 17.8. The van der Waals surface area contributed by atoms with Crippen LogP contribution in [0.5, 0.6) is 0 Å². The number of aromatic nitrogens is 1. The highest BCUT2D eigenvalue weighted by Gasteiger charge is 2.14. The number of hydrogen-bond donors (Lipinski definition) is 2. The SMILES string of the molecule is O=C1CNCCN(CCc2c[nH]c3ccccc23)C1. The molecule has 0 bridgehead atoms. The summed E-state index contributed by atoms with van der Waals surface area (Å²) in [7, 11) is 0. The van der Waals surface area contributed by atoms with Gasteiger partial charge in [0.05, 0.1) is 13.1 Å². The molecule has 1 aliphatic heterocycles. The molecule has 2 heterocycles. The van der Waals surface area contributed by atoms with Crippen LogP contribution >= 0.6 is 0 Å². The summed E-state index contributed by atoms with van der Waals surface area (Å²) < 4.78 is 0. The van der Waals surface area contributed by atoms with E-state index in [2.05, 4.69) is 39.6 Å². The number of nitrogens with one attached hydrogen (secondary N) is 2. The Morgan fingerprint density at radius 2 is 2.16 bits per heavy atom. The minimum absolute atomic E-state index is 0.288. The second-order valence-electron chi connectivity index (χ2n) is 5.10. The molecule has 2 aromatic rings. The van der Waals surface area contributed by atoms with Crippen LogP contribution in [0.3, 0.4) is 0 Å². The van der Waals surface area contributed by atoms with Gasteiger partial charge in [-0.25, -0.2) is 0 Å². The van der Waals surface area contributed by atoms with Crippen molar-refractivity contribution < 1.29 is 4.79 Å². The van der Waals surface area contributed by atoms with Gasteiger partial charge >= 0.3 is 0 Å². The number of para-hydroxylation sites is 1. The lowest BCUT2D eigenvalue weighted by Gasteiger charge is -2.18. The summed E-state index contributed by atoms with van der Waals surface area (Å²) in [6, 6.07) is 8.36. The molecule has 1 aromatic heterocycles. The lowest BCUT2D eigenvalue weighted by Crippen LogP contribution is -2.32. The molecule has 3 rings (SSSR count). The van der Waals surface area contributed by atoms with Crippen molar-refractivity contribution in [1.29, 1.82) is 0 Å². The maximum absolute atomic E-state index is 11.6. The number of carbonyl (C=O) groups is 1. The van der Waals surface area contributed by atoms with Crippen LogP contribution in [-0.4, -0.2) is 48.4 Å². The molecule has 0 unspecified atom stereocenters. The first-order valence-corrected chi connectivity index (χ1v) is 6.83. The minimum atomic E-state index is 0.288. The van der Waals surface area contributed by atoms with E-state index < -0.39 is 0 Å². The van der Waals surface area contributed by atoms with Gasteiger partial charge in [-0.1, -0.05) is 18.2 Å². The zero-order valence-electron chi connectivity index (χ0n) is 11.0. The molecule has 19 heavy (non-hydrogen) atoms. The van der Waals surface area contributed by atoms with Crippen LogP contribution in [0.1, 0.15) is 5.56 Å². The molecule has 0 radical (unpaired) electrons. The zero-order valence-corrected chi connectivity index (χ0v) is 11.0. The van der Waals surface area contributed by atoms with E-state index in [1.165, 1.54) is 16.5 Å². The van der Waals surface area contributed by atoms with Gasteiger partial charge in [0.1, 0.15) is 0 Å². The first-order chi connectivity index (χ1) is 9.33. The minimum Gasteiger partial charge on any atom is -0.361 e. The zero-order chi connectivity index (χ0) is 13.1. The van der Waals surface area contributed by atoms with Gasteiger partial charge in [0.2, 0.25) is 0 Å². The maximum atomic E-state index is 11.6. The quantitative estimate of drug-likeness (QED) is 0.868. The second-order valence-corrected chi connectivity index (χ2v) is 5.10. The molecule has 0 saturated carbocycles. The Morgan fingerprint density at radius 1 is 1.26 bits per heavy atom. The van der Waals surface area contributed by atoms with Crippen LogP contribution in [0.4, 0.5) is 0 Å². The molecule has 1 aliphatic rings. The van der Waals surface area contributed by atoms with Crippen molar-refractivity contribution in [3.05, 3.63) is 36.0 Å². The number of hydrogen-bond acceptors (Lipinski definition) is 3. The fraction of sp³-hybridized carbons (Fsp3) is 0.400. The summed E-state index contributed by atoms with van der Waals surface area (Å²) in [6.45, 7) is 3.89. The van der Waals surface area contributed by atoms with Crippen molar-refractivity contribution in [2.45, 2.75) is 6.42 Å². The lowest BCUT2D eigenvalue weighted by molar-refractivity contribution is -0.118. The van der Waals surface area contributed by atoms with Gasteiger partial charge in [0.25, 0.3) is 0 Å². The third kappa shape index (κ3) is 2.85. The molecule has 0 aliphatic carbocycles. The number of Topliss-reactive ketones (excluding diaryl/α,β-unsaturated/α-hetero) is 1. The predicted octanol–water partition coefficient (Wildman–Crippen LogP) is 1.18. The van der Waals surface area contributed by atoms with E-state index >= 15 is 0 Å². The van der Waals surface area contributed by atoms with Crippen LogP contribution in [-0.2, 0) is 11.2 Å². The van der Waals surface area contributed by atoms with Crippen LogP contribution in [0.15, 0.2) is 30.5 Å². The van der Waals surface area contributed by atoms with E-state index in [0.29, 0.717) is 13.1 Å². The molecule has 0 amide bonds. The molecular formula is C15H19N3O. The molecule has 4 heteroatoms. The van der Waals surface area contributed by atoms with Gasteiger partial charge in [-0.3, -0.25) is 9.69 Å². The molecule has 1 aromatic carbocycles. The van der Waals surface area contributed by atoms with Crippen molar-refractivity contribution in [2.75, 3.05) is 32.7 Å². The Morgan fingerprint density at radius 3 is 3.11 bits per heavy atom. The van der Waals surface area contributed by atoms with E-state index in [9.17, 15) is 4.79 Å². The molecule has 0 spiro atoms. The van der Waals surface area contributed by atoms with E-state index in [1.807, 2.05) is 6.07 Å². The highest BCUT2D eigenvalue weighted by atomic mass is 16.1. The summed E-state index contributed by atoms with van der Waals surface area (Å²) in [5.74, 6) is 0.288. The third-order valence-electron chi connectivity index (χ3n) is 3.70. The highest BCUT2D eigenvalue weighted by molar-refractivity contribution is 5.83. The topological polar surface area (TPSA) is 48.1 Å². The average Bonchev–Trinajstić information content (AvgIpc) is 2.72. The first-order valence-electron chi connectivity index (χ1n) is 6.83. The molecule has 1 fully saturated rings. The lowest BCUT2D eigenvalue weighted by atomic mass is 10.1. The predicted molar refractivity (Wildman–Crippen MR) is 76.3 cm³/mol. The fourth-order valence-electron chi connectivity index (χ4n) is 2.66. The largest absolute Gasteiger partial charge is 0.361 e. The van der Waals surface area contributed by atoms with Gasteiger partial charge in [0.15, 0.2) is 5.78 Å². The molecule has 4 nitrogen and oxygen atoms in total. The molecule has 2 N–H and O–H groups in total. The standard InChI is InChI=1S/C15H19N3O/c19-13-10-16-6-8-18(11-13)7-5-12-9-17-15-4-2-1-3-14(12)15/h1-4,9,16-17H,5-8,10-11H2. The monoisotopic (exact) mass is 257 g/mol. The number of H-pyrrole nitrogens is 1. The molecule has 0 atom stereocenters. The first kappa shape index (κ1) is 12.4. The summed E-state index contributed by atoms with van der Waals surface area (Å²) >= 11 is 0. The Bertz CT molecular complexity index is 576. The maximum Gasteiger partial charge on any atom is 0.160 e. The summed E-state index contributed by atoms with van der Waals surface area (Å²) in [6.07, 6.45) is 3.07. The van der Waals surface area contributed by atoms with Crippen LogP contribution < -0.4 is 5.32 Å². The number of benzene rings is 1. The Labute approximate surface area is 112 Å². The van der Waals surface area contributed by atoms with Crippen molar-refractivity contribution in [3.8, 4) is 0 Å². The van der Waals surface area contributed by atoms with Crippen LogP contribution in [0, 0.1) is 0 Å². The van der Waals surface area contributed by atoms with E-state index in [-0.39, 0.29) is 5.78 Å². The molecule has 1 saturated heterocycles. The van der Waals surface area contributed by atoms with Gasteiger partial charge in [-0.15, -0.1) is 0 Å². The van der Waals surface area contributed by atoms with Crippen molar-refractivity contribution in [1.82, 2.24) is 15.2 Å². The average molecular weight is 257 g/mol. The van der Waals surface area contributed by atoms with Crippen molar-refractivity contribution in [2.24, 2.45) is 0 Å². The summed E-state index contributed by atoms with van der Waals surface area (Å²) in [5.41, 5.74) is 2.52. The van der Waals surface area contributed by atoms with Crippen molar-refractivity contribution >= 4 is 16.7 Å². The van der Waals surface area contributed by atoms with Crippen LogP contribution in [0.2, 0.25) is 0 Å². The van der Waals surface area contributed by atoms with Gasteiger partial charge in [-0.05, 0) is 18.1 Å². The Hall–Kier alpha value is -1.65. The van der Waals surface area contributed by atoms with E-state index in [4.69, 9.17) is 0 Å². The fourth-order valence-corrected chi connectivity index (χ4v) is 2.66. The van der Waals surface area contributed by atoms with Gasteiger partial charge in [0, 0.05) is 36.7 Å². The number of rotatable bonds is 3. The van der Waals surface area contributed by atoms with Gasteiger partial charge in [-0.2, -0.15) is 0 Å². The van der Waals surface area contributed by atoms with E-state index in [0.717, 1.165) is 26.1 Å². The number of ketones is 1. The Kier molecular flexibility index (Phi) is 3.62. The van der Waals surface area contributed by atoms with Crippen LogP contribution in [0.25, 0.3) is 10.9 Å². The summed E-state index contributed by atoms with van der Waals surface area (Å²) in [5, 5.41) is 4.45. The number of aromatic amines is 1. The molecular weight excluding hydrogens is 238 g/mol. The molecule has 100 valence electrons. The number of nitrogens with zero attached hydrogens (tertiary/aromatic N) is 1. The van der Waals surface area contributed by atoms with Crippen molar-refractivity contribution in [3.63, 3.8) is 0 Å². The van der Waals surface area contributed by atoms with E-state index in [1.54, 1.807) is 0 Å². The summed E-state index contributed by atoms with van der Waals surface area (Å²) in [4.78, 5) is 17.1. The number of carbonyl (C=O) groups excluding carboxylic acids is 1. The number of fused-ring (bicyclic) bond motifs is 1. The van der Waals surface area contributed by atoms with Gasteiger partial charge < -0.3 is 10.3 Å². The Balaban J connectivity index is 1.67. The highest BCUT2D eigenvalue weighted by Crippen LogP contribution is 2.18. The smallest absolute Gasteiger partial charge is 0.160 e. The third-order valence-corrected chi connectivity index (χ3v) is 3.70.